The van der Waals surface area contributed by atoms with Gasteiger partial charge in [0.05, 0.1) is 0 Å². The Morgan fingerprint density at radius 1 is 0.500 bits per heavy atom. The molecule has 0 N–H and O–H groups in total. The van der Waals surface area contributed by atoms with Crippen LogP contribution in [0.25, 0.3) is 44.1 Å². The van der Waals surface area contributed by atoms with E-state index >= 15 is 0 Å². The third-order valence-electron chi connectivity index (χ3n) is 7.41. The van der Waals surface area contributed by atoms with E-state index in [9.17, 15) is 0 Å². The minimum atomic E-state index is 0. The minimum Gasteiger partial charge on any atom is -0.341 e. The summed E-state index contributed by atoms with van der Waals surface area (Å²) in [6, 6.07) is 56.7. The molecular formula is C46H53NY-2. The quantitative estimate of drug-likeness (QED) is 0.158. The van der Waals surface area contributed by atoms with Gasteiger partial charge in [0.1, 0.15) is 0 Å². The van der Waals surface area contributed by atoms with Gasteiger partial charge < -0.3 is 4.57 Å². The van der Waals surface area contributed by atoms with Crippen LogP contribution in [-0.2, 0) is 45.7 Å². The Kier molecular flexibility index (Phi) is 20.0. The van der Waals surface area contributed by atoms with Gasteiger partial charge in [0, 0.05) is 61.1 Å². The van der Waals surface area contributed by atoms with Gasteiger partial charge in [0.15, 0.2) is 0 Å². The first-order valence-corrected chi connectivity index (χ1v) is 16.3. The number of hydrogen-bond acceptors (Lipinski definition) is 0. The van der Waals surface area contributed by atoms with Gasteiger partial charge in [-0.1, -0.05) is 134 Å². The van der Waals surface area contributed by atoms with Crippen molar-refractivity contribution < 1.29 is 32.7 Å². The van der Waals surface area contributed by atoms with Crippen LogP contribution in [-0.4, -0.2) is 4.57 Å². The van der Waals surface area contributed by atoms with Gasteiger partial charge in [-0.05, 0) is 47.7 Å². The van der Waals surface area contributed by atoms with Gasteiger partial charge in [0.25, 0.3) is 0 Å². The number of fused-ring (bicyclic) bond motifs is 6. The maximum Gasteiger partial charge on any atom is 0.0491 e. The first kappa shape index (κ1) is 42.2. The van der Waals surface area contributed by atoms with Crippen molar-refractivity contribution >= 4 is 21.8 Å². The monoisotopic (exact) mass is 708 g/mol. The van der Waals surface area contributed by atoms with Crippen LogP contribution in [0.1, 0.15) is 67.0 Å². The summed E-state index contributed by atoms with van der Waals surface area (Å²) >= 11 is 0. The van der Waals surface area contributed by atoms with E-state index in [-0.39, 0.29) is 47.6 Å². The predicted molar refractivity (Wildman–Crippen MR) is 210 cm³/mol. The molecule has 8 rings (SSSR count). The Morgan fingerprint density at radius 2 is 0.854 bits per heavy atom. The van der Waals surface area contributed by atoms with Crippen molar-refractivity contribution in [1.29, 1.82) is 0 Å². The van der Waals surface area contributed by atoms with E-state index in [1.54, 1.807) is 0 Å². The van der Waals surface area contributed by atoms with Crippen molar-refractivity contribution in [2.24, 2.45) is 0 Å². The van der Waals surface area contributed by atoms with Crippen LogP contribution in [0.4, 0.5) is 0 Å². The molecular weight excluding hydrogens is 655 g/mol. The smallest absolute Gasteiger partial charge is 0.0491 e. The van der Waals surface area contributed by atoms with Gasteiger partial charge in [0.2, 0.25) is 0 Å². The average Bonchev–Trinajstić information content (AvgIpc) is 3.66. The van der Waals surface area contributed by atoms with Crippen molar-refractivity contribution in [3.63, 3.8) is 0 Å². The van der Waals surface area contributed by atoms with Crippen LogP contribution in [0.15, 0.2) is 146 Å². The van der Waals surface area contributed by atoms with E-state index in [1.807, 2.05) is 62.4 Å². The first-order chi connectivity index (χ1) is 22.2. The van der Waals surface area contributed by atoms with Crippen LogP contribution in [0, 0.1) is 12.1 Å². The molecule has 1 aliphatic rings. The zero-order valence-electron chi connectivity index (χ0n) is 28.0. The summed E-state index contributed by atoms with van der Waals surface area (Å²) in [6.45, 7) is 11.5. The number of rotatable bonds is 2. The predicted octanol–water partition coefficient (Wildman–Crippen LogP) is 13.7. The molecule has 1 nitrogen and oxygen atoms in total. The Bertz CT molecular complexity index is 1740. The molecule has 1 heterocycles. The molecule has 6 aromatic carbocycles. The number of aryl methyl sites for hydroxylation is 1. The first-order valence-electron chi connectivity index (χ1n) is 16.3. The molecule has 7 aromatic rings. The van der Waals surface area contributed by atoms with Gasteiger partial charge in [-0.25, -0.2) is 11.1 Å². The summed E-state index contributed by atoms with van der Waals surface area (Å²) in [5.41, 5.74) is 10.6. The van der Waals surface area contributed by atoms with Crippen LogP contribution < -0.4 is 0 Å². The molecule has 0 fully saturated rings. The van der Waals surface area contributed by atoms with Gasteiger partial charge >= 0.3 is 0 Å². The van der Waals surface area contributed by atoms with Crippen molar-refractivity contribution in [3.05, 3.63) is 169 Å². The molecule has 0 bridgehead atoms. The standard InChI is InChI=1S/C14H13N.C13H10.C12H8.C3H8.C2H6.2CH4.Y/c1-2-15-13-9-5-3-7-11(13)12-8-4-6-10-14(12)15;1-3-7-12-10(5-1)9-11-6-2-4-8-13(11)12;1-3-7-11(8-4-1)12-9-5-2-6-10-12;1-3-2;1-2;;;/h3-10H,2H2,1H3;1-8H,9H2;1-7,9H;3H2,1-2H3;1-2H3;2*1H4;/q;;-2;;;;;. The Hall–Kier alpha value is -3.78. The number of nitrogens with zero attached hydrogens (tertiary/aromatic N) is 1. The van der Waals surface area contributed by atoms with E-state index < -0.39 is 0 Å². The van der Waals surface area contributed by atoms with Crippen LogP contribution in [0.2, 0.25) is 0 Å². The summed E-state index contributed by atoms with van der Waals surface area (Å²) in [7, 11) is 0. The molecule has 0 aliphatic heterocycles. The van der Waals surface area contributed by atoms with Crippen molar-refractivity contribution in [3.8, 4) is 22.3 Å². The molecule has 1 aromatic heterocycles. The third-order valence-corrected chi connectivity index (χ3v) is 7.41. The molecule has 2 heteroatoms. The van der Waals surface area contributed by atoms with Crippen LogP contribution in [0.3, 0.4) is 0 Å². The fraction of sp³-hybridized carbons (Fsp3) is 0.217. The maximum absolute atomic E-state index is 3.15. The van der Waals surface area contributed by atoms with Crippen molar-refractivity contribution in [1.82, 2.24) is 4.57 Å². The second kappa shape index (κ2) is 22.7. The van der Waals surface area contributed by atoms with Crippen molar-refractivity contribution in [2.75, 3.05) is 0 Å². The molecule has 1 aliphatic carbocycles. The molecule has 0 amide bonds. The SMILES string of the molecule is C.C.CC.CCC.CCn1c2ccccc2c2ccccc21.[Y].[c-]1ccccc1-c1[c-]cccc1.c1ccc2c(c1)Cc1ccccc1-2. The zero-order chi connectivity index (χ0) is 31.9. The van der Waals surface area contributed by atoms with Crippen LogP contribution in [0.5, 0.6) is 0 Å². The summed E-state index contributed by atoms with van der Waals surface area (Å²) in [5.74, 6) is 0. The summed E-state index contributed by atoms with van der Waals surface area (Å²) in [4.78, 5) is 0. The molecule has 0 atom stereocenters. The van der Waals surface area contributed by atoms with Crippen molar-refractivity contribution in [2.45, 2.75) is 68.9 Å². The Morgan fingerprint density at radius 3 is 1.23 bits per heavy atom. The number of hydrogen-bond donors (Lipinski definition) is 0. The molecule has 0 saturated carbocycles. The fourth-order valence-corrected chi connectivity index (χ4v) is 5.55. The third kappa shape index (κ3) is 10.6. The largest absolute Gasteiger partial charge is 0.341 e. The summed E-state index contributed by atoms with van der Waals surface area (Å²) in [6.07, 6.45) is 2.35. The second-order valence-corrected chi connectivity index (χ2v) is 10.5. The van der Waals surface area contributed by atoms with E-state index in [1.165, 1.54) is 50.5 Å². The van der Waals surface area contributed by atoms with E-state index in [0.29, 0.717) is 0 Å². The normalized spacial score (nSPS) is 9.77. The topological polar surface area (TPSA) is 4.93 Å². The van der Waals surface area contributed by atoms with Gasteiger partial charge in [-0.15, -0.1) is 12.1 Å². The average molecular weight is 709 g/mol. The van der Waals surface area contributed by atoms with Crippen LogP contribution >= 0.6 is 0 Å². The summed E-state index contributed by atoms with van der Waals surface area (Å²) in [5, 5.41) is 2.71. The molecule has 1 radical (unpaired) electrons. The van der Waals surface area contributed by atoms with E-state index in [0.717, 1.165) is 24.1 Å². The Labute approximate surface area is 317 Å². The maximum atomic E-state index is 3.15. The summed E-state index contributed by atoms with van der Waals surface area (Å²) < 4.78 is 2.37. The number of benzene rings is 6. The molecule has 0 unspecified atom stereocenters. The molecule has 0 spiro atoms. The van der Waals surface area contributed by atoms with Gasteiger partial charge in [-0.3, -0.25) is 0 Å². The van der Waals surface area contributed by atoms with E-state index in [2.05, 4.69) is 135 Å². The second-order valence-electron chi connectivity index (χ2n) is 10.5. The fourth-order valence-electron chi connectivity index (χ4n) is 5.55. The molecule has 247 valence electrons. The Balaban J connectivity index is 0.000000329. The number of aromatic nitrogens is 1. The number of para-hydroxylation sites is 2. The minimum absolute atomic E-state index is 0. The zero-order valence-corrected chi connectivity index (χ0v) is 30.8. The molecule has 0 saturated heterocycles. The molecule has 48 heavy (non-hydrogen) atoms. The van der Waals surface area contributed by atoms with E-state index in [4.69, 9.17) is 0 Å². The van der Waals surface area contributed by atoms with Gasteiger partial charge in [-0.2, -0.15) is 48.5 Å².